The van der Waals surface area contributed by atoms with Crippen molar-refractivity contribution in [2.45, 2.75) is 0 Å². The van der Waals surface area contributed by atoms with Crippen molar-refractivity contribution in [1.82, 2.24) is 4.57 Å². The average molecular weight is 276 g/mol. The number of anilines is 1. The number of pyridine rings is 1. The summed E-state index contributed by atoms with van der Waals surface area (Å²) in [7, 11) is 1.70. The van der Waals surface area contributed by atoms with Crippen LogP contribution in [0.25, 0.3) is 22.0 Å². The largest absolute Gasteiger partial charge is 0.398 e. The van der Waals surface area contributed by atoms with Crippen molar-refractivity contribution in [2.24, 2.45) is 7.05 Å². The molecule has 0 unspecified atom stereocenters. The number of hydrogen-bond acceptors (Lipinski definition) is 3. The summed E-state index contributed by atoms with van der Waals surface area (Å²) >= 11 is 0. The molecule has 0 saturated heterocycles. The van der Waals surface area contributed by atoms with E-state index < -0.39 is 0 Å². The van der Waals surface area contributed by atoms with E-state index in [0.29, 0.717) is 16.8 Å². The van der Waals surface area contributed by atoms with Gasteiger partial charge in [0.1, 0.15) is 0 Å². The predicted molar refractivity (Wildman–Crippen MR) is 82.5 cm³/mol. The van der Waals surface area contributed by atoms with Gasteiger partial charge in [-0.3, -0.25) is 9.59 Å². The maximum Gasteiger partial charge on any atom is 0.251 e. The summed E-state index contributed by atoms with van der Waals surface area (Å²) < 4.78 is 1.54. The van der Waals surface area contributed by atoms with E-state index in [2.05, 4.69) is 0 Å². The molecule has 0 aliphatic heterocycles. The van der Waals surface area contributed by atoms with Crippen molar-refractivity contribution in [3.05, 3.63) is 63.9 Å². The summed E-state index contributed by atoms with van der Waals surface area (Å²) in [5.41, 5.74) is 9.77. The maximum atomic E-state index is 12.7. The van der Waals surface area contributed by atoms with Gasteiger partial charge in [-0.25, -0.2) is 0 Å². The fraction of sp³-hybridized carbons (Fsp3) is 0.0588. The van der Waals surface area contributed by atoms with Crippen LogP contribution in [-0.4, -0.2) is 10.4 Å². The lowest BCUT2D eigenvalue weighted by molar-refractivity contribution is 0.104. The van der Waals surface area contributed by atoms with Crippen LogP contribution in [0.1, 0.15) is 15.9 Å². The number of nitrogens with zero attached hydrogens (tertiary/aromatic N) is 1. The van der Waals surface area contributed by atoms with Crippen LogP contribution < -0.4 is 11.3 Å². The van der Waals surface area contributed by atoms with Crippen LogP contribution in [0.4, 0.5) is 5.69 Å². The molecule has 0 radical (unpaired) electrons. The van der Waals surface area contributed by atoms with Crippen LogP contribution in [-0.2, 0) is 7.05 Å². The number of aromatic nitrogens is 1. The Kier molecular flexibility index (Phi) is 2.17. The Morgan fingerprint density at radius 3 is 2.43 bits per heavy atom. The quantitative estimate of drug-likeness (QED) is 0.501. The number of benzene rings is 2. The molecule has 1 aliphatic carbocycles. The number of hydrogen-bond donors (Lipinski definition) is 1. The van der Waals surface area contributed by atoms with Gasteiger partial charge in [0.2, 0.25) is 0 Å². The molecule has 2 aromatic carbocycles. The molecule has 1 heterocycles. The highest BCUT2D eigenvalue weighted by molar-refractivity contribution is 6.27. The van der Waals surface area contributed by atoms with E-state index in [4.69, 9.17) is 5.73 Å². The zero-order chi connectivity index (χ0) is 14.7. The second-order valence-corrected chi connectivity index (χ2v) is 5.25. The molecule has 0 atom stereocenters. The molecule has 1 aliphatic rings. The monoisotopic (exact) mass is 276 g/mol. The van der Waals surface area contributed by atoms with Gasteiger partial charge in [-0.2, -0.15) is 0 Å². The fourth-order valence-electron chi connectivity index (χ4n) is 3.08. The Labute approximate surface area is 120 Å². The first kappa shape index (κ1) is 11.9. The number of carbonyl (C=O) groups excluding carboxylic acids is 1. The molecule has 0 fully saturated rings. The van der Waals surface area contributed by atoms with E-state index in [1.54, 1.807) is 35.9 Å². The second kappa shape index (κ2) is 3.82. The third kappa shape index (κ3) is 1.39. The first-order chi connectivity index (χ1) is 10.1. The Morgan fingerprint density at radius 1 is 0.952 bits per heavy atom. The molecule has 21 heavy (non-hydrogen) atoms. The van der Waals surface area contributed by atoms with E-state index in [1.165, 1.54) is 0 Å². The summed E-state index contributed by atoms with van der Waals surface area (Å²) in [6.07, 6.45) is 0. The standard InChI is InChI=1S/C17H12N2O2/c1-19-13-7-6-12(18)16-15(13)11(8-14(19)20)9-4-2-3-5-10(9)17(16)21/h2-8H,18H2,1H3. The number of rotatable bonds is 0. The van der Waals surface area contributed by atoms with Gasteiger partial charge in [0.05, 0.1) is 11.1 Å². The molecule has 0 saturated carbocycles. The van der Waals surface area contributed by atoms with Crippen LogP contribution in [0.5, 0.6) is 0 Å². The molecule has 4 rings (SSSR count). The summed E-state index contributed by atoms with van der Waals surface area (Å²) in [6.45, 7) is 0. The van der Waals surface area contributed by atoms with Gasteiger partial charge in [-0.15, -0.1) is 0 Å². The van der Waals surface area contributed by atoms with Gasteiger partial charge in [0.15, 0.2) is 5.78 Å². The first-order valence-corrected chi connectivity index (χ1v) is 6.66. The van der Waals surface area contributed by atoms with Gasteiger partial charge in [0.25, 0.3) is 5.56 Å². The van der Waals surface area contributed by atoms with Crippen LogP contribution >= 0.6 is 0 Å². The molecule has 2 N–H and O–H groups in total. The molecule has 102 valence electrons. The number of aryl methyl sites for hydroxylation is 1. The molecular weight excluding hydrogens is 264 g/mol. The summed E-state index contributed by atoms with van der Waals surface area (Å²) in [6, 6.07) is 12.4. The Bertz CT molecular complexity index is 1000. The fourth-order valence-corrected chi connectivity index (χ4v) is 3.08. The van der Waals surface area contributed by atoms with E-state index in [-0.39, 0.29) is 11.3 Å². The smallest absolute Gasteiger partial charge is 0.251 e. The molecule has 3 aromatic rings. The Balaban J connectivity index is 2.35. The van der Waals surface area contributed by atoms with Crippen LogP contribution in [0.2, 0.25) is 0 Å². The number of carbonyl (C=O) groups is 1. The second-order valence-electron chi connectivity index (χ2n) is 5.25. The number of nitrogens with two attached hydrogens (primary N) is 1. The molecule has 0 spiro atoms. The van der Waals surface area contributed by atoms with Crippen molar-refractivity contribution in [2.75, 3.05) is 5.73 Å². The van der Waals surface area contributed by atoms with Crippen molar-refractivity contribution in [3.63, 3.8) is 0 Å². The highest BCUT2D eigenvalue weighted by Gasteiger charge is 2.27. The van der Waals surface area contributed by atoms with Crippen molar-refractivity contribution in [1.29, 1.82) is 0 Å². The highest BCUT2D eigenvalue weighted by Crippen LogP contribution is 2.40. The lowest BCUT2D eigenvalue weighted by Crippen LogP contribution is -2.21. The lowest BCUT2D eigenvalue weighted by atomic mass is 9.83. The van der Waals surface area contributed by atoms with Gasteiger partial charge in [-0.1, -0.05) is 24.3 Å². The molecule has 4 nitrogen and oxygen atoms in total. The maximum absolute atomic E-state index is 12.7. The van der Waals surface area contributed by atoms with Crippen molar-refractivity contribution in [3.8, 4) is 11.1 Å². The Morgan fingerprint density at radius 2 is 1.67 bits per heavy atom. The number of ketones is 1. The van der Waals surface area contributed by atoms with Gasteiger partial charge in [0, 0.05) is 29.8 Å². The molecule has 0 amide bonds. The third-order valence-electron chi connectivity index (χ3n) is 4.13. The van der Waals surface area contributed by atoms with Gasteiger partial charge < -0.3 is 10.3 Å². The number of nitrogen functional groups attached to an aromatic ring is 1. The summed E-state index contributed by atoms with van der Waals surface area (Å²) in [4.78, 5) is 24.9. The minimum Gasteiger partial charge on any atom is -0.398 e. The van der Waals surface area contributed by atoms with Crippen molar-refractivity contribution >= 4 is 22.4 Å². The Hall–Kier alpha value is -2.88. The van der Waals surface area contributed by atoms with Crippen LogP contribution in [0.15, 0.2) is 47.3 Å². The van der Waals surface area contributed by atoms with Crippen LogP contribution in [0, 0.1) is 0 Å². The van der Waals surface area contributed by atoms with Gasteiger partial charge >= 0.3 is 0 Å². The lowest BCUT2D eigenvalue weighted by Gasteiger charge is -2.21. The molecular formula is C17H12N2O2. The minimum atomic E-state index is -0.0997. The normalized spacial score (nSPS) is 12.5. The molecule has 4 heteroatoms. The highest BCUT2D eigenvalue weighted by atomic mass is 16.1. The molecule has 1 aromatic heterocycles. The van der Waals surface area contributed by atoms with E-state index in [1.807, 2.05) is 18.2 Å². The SMILES string of the molecule is Cn1c(=O)cc2c3c(c(N)ccc31)C(=O)c1ccccc1-2. The summed E-state index contributed by atoms with van der Waals surface area (Å²) in [5, 5.41) is 0.765. The average Bonchev–Trinajstić information content (AvgIpc) is 2.49. The van der Waals surface area contributed by atoms with Crippen molar-refractivity contribution < 1.29 is 4.79 Å². The number of fused-ring (bicyclic) bond motifs is 2. The topological polar surface area (TPSA) is 65.1 Å². The van der Waals surface area contributed by atoms with E-state index >= 15 is 0 Å². The van der Waals surface area contributed by atoms with E-state index in [0.717, 1.165) is 22.0 Å². The third-order valence-corrected chi connectivity index (χ3v) is 4.13. The predicted octanol–water partition coefficient (Wildman–Crippen LogP) is 2.33. The zero-order valence-electron chi connectivity index (χ0n) is 11.4. The van der Waals surface area contributed by atoms with Crippen LogP contribution in [0.3, 0.4) is 0 Å². The first-order valence-electron chi connectivity index (χ1n) is 6.66. The minimum absolute atomic E-state index is 0.0835. The molecule has 0 bridgehead atoms. The van der Waals surface area contributed by atoms with E-state index in [9.17, 15) is 9.59 Å². The zero-order valence-corrected chi connectivity index (χ0v) is 11.4. The van der Waals surface area contributed by atoms with Gasteiger partial charge in [-0.05, 0) is 23.3 Å². The summed E-state index contributed by atoms with van der Waals surface area (Å²) in [5.74, 6) is -0.0835.